The van der Waals surface area contributed by atoms with E-state index in [-0.39, 0.29) is 11.8 Å². The molecule has 2 amide bonds. The highest BCUT2D eigenvalue weighted by molar-refractivity contribution is 9.10. The highest BCUT2D eigenvalue weighted by Crippen LogP contribution is 2.23. The molecule has 1 fully saturated rings. The minimum Gasteiger partial charge on any atom is -0.351 e. The number of carbonyl (C=O) groups is 2. The van der Waals surface area contributed by atoms with Crippen molar-refractivity contribution in [1.82, 2.24) is 14.8 Å². The van der Waals surface area contributed by atoms with Crippen LogP contribution in [0.25, 0.3) is 10.9 Å². The molecular formula is C22H23BrN4O2. The zero-order valence-corrected chi connectivity index (χ0v) is 17.8. The molecule has 0 saturated carbocycles. The number of fused-ring (bicyclic) bond motifs is 1. The summed E-state index contributed by atoms with van der Waals surface area (Å²) in [4.78, 5) is 32.3. The number of benzene rings is 2. The van der Waals surface area contributed by atoms with Crippen molar-refractivity contribution in [2.24, 2.45) is 0 Å². The lowest BCUT2D eigenvalue weighted by Crippen LogP contribution is -2.50. The van der Waals surface area contributed by atoms with Crippen LogP contribution in [0.4, 0.5) is 5.69 Å². The van der Waals surface area contributed by atoms with Crippen molar-refractivity contribution >= 4 is 44.3 Å². The number of H-pyrrole nitrogens is 1. The highest BCUT2D eigenvalue weighted by Gasteiger charge is 2.24. The molecule has 0 bridgehead atoms. The summed E-state index contributed by atoms with van der Waals surface area (Å²) in [5.74, 6) is -0.0427. The summed E-state index contributed by atoms with van der Waals surface area (Å²) in [6.45, 7) is 4.88. The molecule has 0 atom stereocenters. The molecule has 2 aromatic carbocycles. The van der Waals surface area contributed by atoms with Crippen LogP contribution in [0.1, 0.15) is 16.1 Å². The number of rotatable bonds is 4. The monoisotopic (exact) mass is 454 g/mol. The predicted molar refractivity (Wildman–Crippen MR) is 118 cm³/mol. The van der Waals surface area contributed by atoms with Crippen LogP contribution < -0.4 is 5.32 Å². The number of amides is 2. The summed E-state index contributed by atoms with van der Waals surface area (Å²) in [5.41, 5.74) is 3.48. The lowest BCUT2D eigenvalue weighted by Gasteiger charge is -2.34. The smallest absolute Gasteiger partial charge is 0.270 e. The topological polar surface area (TPSA) is 68.4 Å². The van der Waals surface area contributed by atoms with Gasteiger partial charge in [0.05, 0.1) is 12.2 Å². The van der Waals surface area contributed by atoms with Crippen LogP contribution in [-0.2, 0) is 4.79 Å². The van der Waals surface area contributed by atoms with Gasteiger partial charge in [0.2, 0.25) is 5.91 Å². The Morgan fingerprint density at radius 2 is 1.83 bits per heavy atom. The normalized spacial score (nSPS) is 14.9. The van der Waals surface area contributed by atoms with Crippen LogP contribution in [0.2, 0.25) is 0 Å². The number of halogens is 1. The number of anilines is 1. The van der Waals surface area contributed by atoms with Gasteiger partial charge in [-0.15, -0.1) is 0 Å². The summed E-state index contributed by atoms with van der Waals surface area (Å²) >= 11 is 3.48. The fourth-order valence-electron chi connectivity index (χ4n) is 3.58. The second-order valence-electron chi connectivity index (χ2n) is 7.37. The van der Waals surface area contributed by atoms with Gasteiger partial charge in [-0.1, -0.05) is 24.3 Å². The number of aromatic amines is 1. The van der Waals surface area contributed by atoms with Crippen LogP contribution >= 0.6 is 15.9 Å². The number of nitrogens with zero attached hydrogens (tertiary/aromatic N) is 2. The quantitative estimate of drug-likeness (QED) is 0.632. The Hall–Kier alpha value is -2.64. The van der Waals surface area contributed by atoms with E-state index in [9.17, 15) is 9.59 Å². The zero-order valence-electron chi connectivity index (χ0n) is 16.2. The van der Waals surface area contributed by atoms with Crippen molar-refractivity contribution in [2.75, 3.05) is 38.0 Å². The van der Waals surface area contributed by atoms with Gasteiger partial charge in [0.15, 0.2) is 0 Å². The fourth-order valence-corrected chi connectivity index (χ4v) is 4.17. The van der Waals surface area contributed by atoms with Crippen molar-refractivity contribution in [1.29, 1.82) is 0 Å². The van der Waals surface area contributed by atoms with Crippen molar-refractivity contribution in [3.8, 4) is 0 Å². The molecule has 0 aliphatic carbocycles. The molecular weight excluding hydrogens is 432 g/mol. The molecule has 29 heavy (non-hydrogen) atoms. The standard InChI is InChI=1S/C22H23BrN4O2/c1-15-6-7-19(17(23)12-15)25-21(28)14-26-8-10-27(11-9-26)22(29)20-13-16-4-2-3-5-18(16)24-20/h2-7,12-13,24H,8-11,14H2,1H3,(H,25,28). The lowest BCUT2D eigenvalue weighted by molar-refractivity contribution is -0.117. The molecule has 0 radical (unpaired) electrons. The lowest BCUT2D eigenvalue weighted by atomic mass is 10.2. The summed E-state index contributed by atoms with van der Waals surface area (Å²) in [5, 5.41) is 3.98. The number of piperazine rings is 1. The molecule has 0 unspecified atom stereocenters. The van der Waals surface area contributed by atoms with Gasteiger partial charge in [0.1, 0.15) is 5.69 Å². The first-order valence-corrected chi connectivity index (χ1v) is 10.4. The minimum atomic E-state index is -0.0510. The summed E-state index contributed by atoms with van der Waals surface area (Å²) in [6.07, 6.45) is 0. The maximum absolute atomic E-state index is 12.8. The predicted octanol–water partition coefficient (Wildman–Crippen LogP) is 3.64. The van der Waals surface area contributed by atoms with E-state index in [0.29, 0.717) is 38.4 Å². The number of carbonyl (C=O) groups excluding carboxylic acids is 2. The van der Waals surface area contributed by atoms with Crippen LogP contribution in [0.5, 0.6) is 0 Å². The van der Waals surface area contributed by atoms with E-state index in [2.05, 4.69) is 31.1 Å². The van der Waals surface area contributed by atoms with E-state index in [0.717, 1.165) is 26.6 Å². The summed E-state index contributed by atoms with van der Waals surface area (Å²) in [7, 11) is 0. The van der Waals surface area contributed by atoms with E-state index in [4.69, 9.17) is 0 Å². The van der Waals surface area contributed by atoms with Crippen molar-refractivity contribution < 1.29 is 9.59 Å². The average molecular weight is 455 g/mol. The molecule has 4 rings (SSSR count). The van der Waals surface area contributed by atoms with Crippen LogP contribution in [0.3, 0.4) is 0 Å². The molecule has 1 aliphatic heterocycles. The molecule has 0 spiro atoms. The second kappa shape index (κ2) is 8.39. The number of aryl methyl sites for hydroxylation is 1. The summed E-state index contributed by atoms with van der Waals surface area (Å²) < 4.78 is 0.875. The first kappa shape index (κ1) is 19.7. The molecule has 1 saturated heterocycles. The Morgan fingerprint density at radius 1 is 1.07 bits per heavy atom. The van der Waals surface area contributed by atoms with Crippen molar-refractivity contribution in [3.63, 3.8) is 0 Å². The van der Waals surface area contributed by atoms with E-state index < -0.39 is 0 Å². The molecule has 2 heterocycles. The average Bonchev–Trinajstić information content (AvgIpc) is 3.14. The van der Waals surface area contributed by atoms with Crippen molar-refractivity contribution in [2.45, 2.75) is 6.92 Å². The number of hydrogen-bond acceptors (Lipinski definition) is 3. The molecule has 1 aliphatic rings. The van der Waals surface area contributed by atoms with Gasteiger partial charge in [0, 0.05) is 41.6 Å². The van der Waals surface area contributed by atoms with Gasteiger partial charge in [-0.3, -0.25) is 14.5 Å². The molecule has 3 aromatic rings. The number of hydrogen-bond donors (Lipinski definition) is 2. The van der Waals surface area contributed by atoms with Gasteiger partial charge in [0.25, 0.3) is 5.91 Å². The van der Waals surface area contributed by atoms with Gasteiger partial charge in [-0.25, -0.2) is 0 Å². The van der Waals surface area contributed by atoms with Gasteiger partial charge in [-0.05, 0) is 52.7 Å². The Kier molecular flexibility index (Phi) is 5.69. The molecule has 150 valence electrons. The third-order valence-electron chi connectivity index (χ3n) is 5.19. The maximum Gasteiger partial charge on any atom is 0.270 e. The Labute approximate surface area is 178 Å². The van der Waals surface area contributed by atoms with Gasteiger partial charge < -0.3 is 15.2 Å². The van der Waals surface area contributed by atoms with Crippen LogP contribution in [-0.4, -0.2) is 59.3 Å². The van der Waals surface area contributed by atoms with Gasteiger partial charge >= 0.3 is 0 Å². The van der Waals surface area contributed by atoms with E-state index >= 15 is 0 Å². The Morgan fingerprint density at radius 3 is 2.55 bits per heavy atom. The number of nitrogens with one attached hydrogen (secondary N) is 2. The first-order chi connectivity index (χ1) is 14.0. The maximum atomic E-state index is 12.8. The van der Waals surface area contributed by atoms with E-state index in [1.807, 2.05) is 60.4 Å². The van der Waals surface area contributed by atoms with Crippen LogP contribution in [0.15, 0.2) is 53.0 Å². The second-order valence-corrected chi connectivity index (χ2v) is 8.22. The number of para-hydroxylation sites is 1. The largest absolute Gasteiger partial charge is 0.351 e. The van der Waals surface area contributed by atoms with E-state index in [1.165, 1.54) is 0 Å². The summed E-state index contributed by atoms with van der Waals surface area (Å²) in [6, 6.07) is 15.6. The third-order valence-corrected chi connectivity index (χ3v) is 5.84. The Bertz CT molecular complexity index is 1020. The Balaban J connectivity index is 1.30. The van der Waals surface area contributed by atoms with Crippen molar-refractivity contribution in [3.05, 3.63) is 64.3 Å². The van der Waals surface area contributed by atoms with E-state index in [1.54, 1.807) is 0 Å². The molecule has 1 aromatic heterocycles. The molecule has 7 heteroatoms. The number of aromatic nitrogens is 1. The SMILES string of the molecule is Cc1ccc(NC(=O)CN2CCN(C(=O)c3cc4ccccc4[nH]3)CC2)c(Br)c1. The highest BCUT2D eigenvalue weighted by atomic mass is 79.9. The van der Waals surface area contributed by atoms with Gasteiger partial charge in [-0.2, -0.15) is 0 Å². The first-order valence-electron chi connectivity index (χ1n) is 9.65. The molecule has 2 N–H and O–H groups in total. The third kappa shape index (κ3) is 4.52. The fraction of sp³-hybridized carbons (Fsp3) is 0.273. The van der Waals surface area contributed by atoms with Crippen LogP contribution in [0, 0.1) is 6.92 Å². The zero-order chi connectivity index (χ0) is 20.4. The molecule has 6 nitrogen and oxygen atoms in total. The minimum absolute atomic E-state index is 0.00823.